The van der Waals surface area contributed by atoms with Crippen LogP contribution in [-0.2, 0) is 14.8 Å². The van der Waals surface area contributed by atoms with Crippen molar-refractivity contribution >= 4 is 15.9 Å². The van der Waals surface area contributed by atoms with Crippen LogP contribution in [0.15, 0.2) is 29.2 Å². The molecule has 1 amide bonds. The first-order valence-corrected chi connectivity index (χ1v) is 10.0. The average Bonchev–Trinajstić information content (AvgIpc) is 2.57. The molecular weight excluding hydrogens is 328 g/mol. The first-order valence-electron chi connectivity index (χ1n) is 8.57. The highest BCUT2D eigenvalue weighted by molar-refractivity contribution is 7.89. The zero-order valence-corrected chi connectivity index (χ0v) is 14.5. The number of rotatable bonds is 6. The predicted molar refractivity (Wildman–Crippen MR) is 90.3 cm³/mol. The van der Waals surface area contributed by atoms with Crippen LogP contribution in [0.3, 0.4) is 0 Å². The molecule has 1 saturated carbocycles. The average molecular weight is 352 g/mol. The number of ether oxygens (including phenoxy) is 1. The molecule has 7 heteroatoms. The van der Waals surface area contributed by atoms with Gasteiger partial charge >= 0.3 is 0 Å². The van der Waals surface area contributed by atoms with Gasteiger partial charge in [-0.15, -0.1) is 0 Å². The third-order valence-electron chi connectivity index (χ3n) is 4.62. The first-order chi connectivity index (χ1) is 11.5. The second-order valence-corrected chi connectivity index (χ2v) is 8.24. The van der Waals surface area contributed by atoms with E-state index in [-0.39, 0.29) is 29.5 Å². The van der Waals surface area contributed by atoms with Crippen molar-refractivity contribution in [2.24, 2.45) is 0 Å². The standard InChI is InChI=1S/C17H24N2O4S/c20-17(19-14-6-4-7-14)13-5-3-9-16(11-13)24(21,22)18-12-15-8-1-2-10-23-15/h3,5,9,11,14-15,18H,1-2,4,6-8,10,12H2,(H,19,20)/t15-/m0/s1. The lowest BCUT2D eigenvalue weighted by Crippen LogP contribution is -2.39. The van der Waals surface area contributed by atoms with Crippen molar-refractivity contribution in [1.82, 2.24) is 10.0 Å². The van der Waals surface area contributed by atoms with Crippen LogP contribution in [0.1, 0.15) is 48.9 Å². The zero-order valence-electron chi connectivity index (χ0n) is 13.7. The third-order valence-corrected chi connectivity index (χ3v) is 6.04. The van der Waals surface area contributed by atoms with Crippen molar-refractivity contribution in [2.45, 2.75) is 55.6 Å². The van der Waals surface area contributed by atoms with Crippen LogP contribution in [0.2, 0.25) is 0 Å². The van der Waals surface area contributed by atoms with Gasteiger partial charge < -0.3 is 10.1 Å². The fraction of sp³-hybridized carbons (Fsp3) is 0.588. The summed E-state index contributed by atoms with van der Waals surface area (Å²) in [6, 6.07) is 6.39. The Morgan fingerprint density at radius 1 is 1.17 bits per heavy atom. The highest BCUT2D eigenvalue weighted by Crippen LogP contribution is 2.19. The van der Waals surface area contributed by atoms with E-state index in [1.165, 1.54) is 12.1 Å². The second-order valence-electron chi connectivity index (χ2n) is 6.47. The molecule has 3 rings (SSSR count). The van der Waals surface area contributed by atoms with Gasteiger partial charge in [0.15, 0.2) is 0 Å². The molecule has 0 aromatic heterocycles. The summed E-state index contributed by atoms with van der Waals surface area (Å²) in [6.07, 6.45) is 6.00. The third kappa shape index (κ3) is 4.34. The molecule has 24 heavy (non-hydrogen) atoms. The quantitative estimate of drug-likeness (QED) is 0.818. The van der Waals surface area contributed by atoms with Crippen molar-refractivity contribution in [2.75, 3.05) is 13.2 Å². The number of hydrogen-bond donors (Lipinski definition) is 2. The minimum atomic E-state index is -3.65. The monoisotopic (exact) mass is 352 g/mol. The van der Waals surface area contributed by atoms with Gasteiger partial charge in [-0.05, 0) is 56.7 Å². The molecule has 1 aromatic rings. The molecule has 1 aliphatic carbocycles. The van der Waals surface area contributed by atoms with E-state index in [1.807, 2.05) is 0 Å². The number of hydrogen-bond acceptors (Lipinski definition) is 4. The van der Waals surface area contributed by atoms with Crippen molar-refractivity contribution in [3.8, 4) is 0 Å². The summed E-state index contributed by atoms with van der Waals surface area (Å²) in [6.45, 7) is 0.948. The van der Waals surface area contributed by atoms with Crippen LogP contribution in [0, 0.1) is 0 Å². The van der Waals surface area contributed by atoms with E-state index in [9.17, 15) is 13.2 Å². The Hall–Kier alpha value is -1.44. The van der Waals surface area contributed by atoms with E-state index < -0.39 is 10.0 Å². The minimum absolute atomic E-state index is 0.0707. The number of benzene rings is 1. The molecule has 1 atom stereocenters. The van der Waals surface area contributed by atoms with Gasteiger partial charge in [0.1, 0.15) is 0 Å². The summed E-state index contributed by atoms with van der Waals surface area (Å²) in [5.74, 6) is -0.215. The van der Waals surface area contributed by atoms with E-state index >= 15 is 0 Å². The van der Waals surface area contributed by atoms with Gasteiger partial charge in [0.2, 0.25) is 10.0 Å². The largest absolute Gasteiger partial charge is 0.377 e. The summed E-state index contributed by atoms with van der Waals surface area (Å²) >= 11 is 0. The van der Waals surface area contributed by atoms with Crippen molar-refractivity contribution in [1.29, 1.82) is 0 Å². The SMILES string of the molecule is O=C(NC1CCC1)c1cccc(S(=O)(=O)NC[C@@H]2CCCCO2)c1. The molecule has 0 radical (unpaired) electrons. The van der Waals surface area contributed by atoms with Crippen LogP contribution in [-0.4, -0.2) is 39.6 Å². The minimum Gasteiger partial charge on any atom is -0.377 e. The molecule has 2 fully saturated rings. The van der Waals surface area contributed by atoms with Gasteiger partial charge in [-0.3, -0.25) is 4.79 Å². The molecule has 0 unspecified atom stereocenters. The summed E-state index contributed by atoms with van der Waals surface area (Å²) in [7, 11) is -3.65. The lowest BCUT2D eigenvalue weighted by Gasteiger charge is -2.26. The van der Waals surface area contributed by atoms with E-state index in [0.717, 1.165) is 38.5 Å². The second kappa shape index (κ2) is 7.63. The summed E-state index contributed by atoms with van der Waals surface area (Å²) < 4.78 is 33.0. The first kappa shape index (κ1) is 17.4. The lowest BCUT2D eigenvalue weighted by molar-refractivity contribution is 0.0200. The number of amides is 1. The molecule has 1 saturated heterocycles. The Labute approximate surface area is 143 Å². The molecule has 1 aliphatic heterocycles. The molecule has 0 spiro atoms. The van der Waals surface area contributed by atoms with Crippen molar-refractivity contribution in [3.63, 3.8) is 0 Å². The van der Waals surface area contributed by atoms with Crippen LogP contribution in [0.25, 0.3) is 0 Å². The molecule has 2 aliphatic rings. The molecule has 1 aromatic carbocycles. The van der Waals surface area contributed by atoms with E-state index in [4.69, 9.17) is 4.74 Å². The van der Waals surface area contributed by atoms with Gasteiger partial charge in [-0.2, -0.15) is 0 Å². The molecule has 2 N–H and O–H groups in total. The highest BCUT2D eigenvalue weighted by atomic mass is 32.2. The molecule has 1 heterocycles. The highest BCUT2D eigenvalue weighted by Gasteiger charge is 2.22. The van der Waals surface area contributed by atoms with Gasteiger partial charge in [0.05, 0.1) is 11.0 Å². The Kier molecular flexibility index (Phi) is 5.53. The van der Waals surface area contributed by atoms with Gasteiger partial charge in [0.25, 0.3) is 5.91 Å². The molecule has 0 bridgehead atoms. The molecular formula is C17H24N2O4S. The lowest BCUT2D eigenvalue weighted by atomic mass is 9.93. The smallest absolute Gasteiger partial charge is 0.251 e. The summed E-state index contributed by atoms with van der Waals surface area (Å²) in [4.78, 5) is 12.3. The predicted octanol–water partition coefficient (Wildman–Crippen LogP) is 1.82. The van der Waals surface area contributed by atoms with E-state index in [2.05, 4.69) is 10.0 Å². The number of nitrogens with one attached hydrogen (secondary N) is 2. The number of carbonyl (C=O) groups excluding carboxylic acids is 1. The van der Waals surface area contributed by atoms with E-state index in [0.29, 0.717) is 12.2 Å². The maximum absolute atomic E-state index is 12.4. The van der Waals surface area contributed by atoms with Crippen LogP contribution >= 0.6 is 0 Å². The van der Waals surface area contributed by atoms with E-state index in [1.54, 1.807) is 12.1 Å². The maximum atomic E-state index is 12.4. The maximum Gasteiger partial charge on any atom is 0.251 e. The normalized spacial score (nSPS) is 21.9. The van der Waals surface area contributed by atoms with Crippen molar-refractivity contribution in [3.05, 3.63) is 29.8 Å². The number of carbonyl (C=O) groups is 1. The van der Waals surface area contributed by atoms with Crippen LogP contribution in [0.4, 0.5) is 0 Å². The van der Waals surface area contributed by atoms with Crippen molar-refractivity contribution < 1.29 is 17.9 Å². The summed E-state index contributed by atoms with van der Waals surface area (Å²) in [5, 5.41) is 2.92. The Morgan fingerprint density at radius 2 is 2.00 bits per heavy atom. The molecule has 132 valence electrons. The Balaban J connectivity index is 1.63. The van der Waals surface area contributed by atoms with Crippen LogP contribution in [0.5, 0.6) is 0 Å². The fourth-order valence-electron chi connectivity index (χ4n) is 2.88. The Bertz CT molecular complexity index is 680. The van der Waals surface area contributed by atoms with Gasteiger partial charge in [0, 0.05) is 24.8 Å². The van der Waals surface area contributed by atoms with Gasteiger partial charge in [-0.25, -0.2) is 13.1 Å². The molecule has 6 nitrogen and oxygen atoms in total. The summed E-state index contributed by atoms with van der Waals surface area (Å²) in [5.41, 5.74) is 0.374. The Morgan fingerprint density at radius 3 is 2.67 bits per heavy atom. The fourth-order valence-corrected chi connectivity index (χ4v) is 3.99. The zero-order chi connectivity index (χ0) is 17.0. The van der Waals surface area contributed by atoms with Gasteiger partial charge in [-0.1, -0.05) is 6.07 Å². The van der Waals surface area contributed by atoms with Crippen LogP contribution < -0.4 is 10.0 Å². The number of sulfonamides is 1. The topological polar surface area (TPSA) is 84.5 Å².